The maximum Gasteiger partial charge on any atom is 0.200 e. The highest BCUT2D eigenvalue weighted by Crippen LogP contribution is 2.17. The third-order valence-electron chi connectivity index (χ3n) is 3.93. The van der Waals surface area contributed by atoms with Crippen molar-refractivity contribution in [1.82, 2.24) is 25.3 Å². The summed E-state index contributed by atoms with van der Waals surface area (Å²) in [6.45, 7) is 7.16. The van der Waals surface area contributed by atoms with Crippen LogP contribution in [0.1, 0.15) is 19.4 Å². The molecule has 7 nitrogen and oxygen atoms in total. The summed E-state index contributed by atoms with van der Waals surface area (Å²) in [5.41, 5.74) is 3.14. The summed E-state index contributed by atoms with van der Waals surface area (Å²) in [5, 5.41) is 15.7. The largest absolute Gasteiger partial charge is 0.372 e. The first-order valence-electron chi connectivity index (χ1n) is 7.81. The van der Waals surface area contributed by atoms with Gasteiger partial charge in [-0.05, 0) is 54.1 Å². The molecular formula is C16H21N7. The van der Waals surface area contributed by atoms with Crippen molar-refractivity contribution in [1.29, 1.82) is 0 Å². The molecule has 0 fully saturated rings. The third kappa shape index (κ3) is 3.23. The first-order chi connectivity index (χ1) is 11.2. The molecule has 0 N–H and O–H groups in total. The van der Waals surface area contributed by atoms with Crippen LogP contribution in [0.5, 0.6) is 0 Å². The normalized spacial score (nSPS) is 10.9. The van der Waals surface area contributed by atoms with Crippen molar-refractivity contribution in [3.63, 3.8) is 0 Å². The predicted octanol–water partition coefficient (Wildman–Crippen LogP) is 2.00. The molecule has 7 heteroatoms. The lowest BCUT2D eigenvalue weighted by Gasteiger charge is -2.22. The molecule has 0 radical (unpaired) electrons. The Kier molecular flexibility index (Phi) is 4.36. The monoisotopic (exact) mass is 311 g/mol. The summed E-state index contributed by atoms with van der Waals surface area (Å²) in [4.78, 5) is 4.41. The van der Waals surface area contributed by atoms with E-state index in [2.05, 4.69) is 68.5 Å². The van der Waals surface area contributed by atoms with Gasteiger partial charge in [-0.15, -0.1) is 14.8 Å². The molecule has 0 bridgehead atoms. The minimum absolute atomic E-state index is 0.644. The van der Waals surface area contributed by atoms with Crippen LogP contribution in [-0.2, 0) is 6.54 Å². The van der Waals surface area contributed by atoms with Gasteiger partial charge in [-0.3, -0.25) is 0 Å². The van der Waals surface area contributed by atoms with E-state index in [-0.39, 0.29) is 0 Å². The van der Waals surface area contributed by atoms with Crippen LogP contribution >= 0.6 is 0 Å². The van der Waals surface area contributed by atoms with Gasteiger partial charge < -0.3 is 9.80 Å². The van der Waals surface area contributed by atoms with Gasteiger partial charge in [-0.25, -0.2) is 0 Å². The predicted molar refractivity (Wildman–Crippen MR) is 90.7 cm³/mol. The average Bonchev–Trinajstić information content (AvgIpc) is 3.05. The van der Waals surface area contributed by atoms with Gasteiger partial charge in [-0.1, -0.05) is 12.1 Å². The van der Waals surface area contributed by atoms with E-state index in [9.17, 15) is 0 Å². The number of rotatable bonds is 6. The number of hydrogen-bond donors (Lipinski definition) is 0. The Bertz CT molecular complexity index is 761. The summed E-state index contributed by atoms with van der Waals surface area (Å²) < 4.78 is 1.44. The molecule has 3 rings (SSSR count). The minimum atomic E-state index is 0.644. The zero-order valence-corrected chi connectivity index (χ0v) is 13.7. The van der Waals surface area contributed by atoms with E-state index in [0.717, 1.165) is 25.5 Å². The molecule has 23 heavy (non-hydrogen) atoms. The van der Waals surface area contributed by atoms with Gasteiger partial charge in [0.2, 0.25) is 0 Å². The second kappa shape index (κ2) is 6.60. The number of anilines is 2. The fourth-order valence-electron chi connectivity index (χ4n) is 2.60. The number of hydrogen-bond acceptors (Lipinski definition) is 6. The molecule has 2 heterocycles. The SMILES string of the molecule is CCN(CC)c1ccc(CN(C)c2ccc3nnnn3n2)cc1. The Morgan fingerprint density at radius 3 is 2.43 bits per heavy atom. The lowest BCUT2D eigenvalue weighted by molar-refractivity contribution is 0.720. The molecule has 120 valence electrons. The summed E-state index contributed by atoms with van der Waals surface area (Å²) in [6, 6.07) is 12.5. The molecule has 1 aromatic carbocycles. The summed E-state index contributed by atoms with van der Waals surface area (Å²) in [7, 11) is 2.01. The molecule has 0 atom stereocenters. The maximum absolute atomic E-state index is 4.40. The van der Waals surface area contributed by atoms with Gasteiger partial charge in [-0.2, -0.15) is 0 Å². The zero-order chi connectivity index (χ0) is 16.2. The lowest BCUT2D eigenvalue weighted by Crippen LogP contribution is -2.22. The number of aromatic nitrogens is 5. The Morgan fingerprint density at radius 1 is 1.00 bits per heavy atom. The van der Waals surface area contributed by atoms with Crippen molar-refractivity contribution < 1.29 is 0 Å². The van der Waals surface area contributed by atoms with Crippen LogP contribution in [0.3, 0.4) is 0 Å². The van der Waals surface area contributed by atoms with Crippen molar-refractivity contribution in [3.05, 3.63) is 42.0 Å². The molecule has 2 aromatic heterocycles. The standard InChI is InChI=1S/C16H21N7/c1-4-22(5-2)14-8-6-13(7-9-14)12-21(3)16-11-10-15-17-19-20-23(15)18-16/h6-11H,4-5,12H2,1-3H3. The van der Waals surface area contributed by atoms with Crippen LogP contribution in [0.2, 0.25) is 0 Å². The quantitative estimate of drug-likeness (QED) is 0.694. The highest BCUT2D eigenvalue weighted by Gasteiger charge is 2.07. The fraction of sp³-hybridized carbons (Fsp3) is 0.375. The summed E-state index contributed by atoms with van der Waals surface area (Å²) in [6.07, 6.45) is 0. The van der Waals surface area contributed by atoms with Gasteiger partial charge in [0.1, 0.15) is 0 Å². The highest BCUT2D eigenvalue weighted by molar-refractivity contribution is 5.49. The van der Waals surface area contributed by atoms with E-state index in [1.165, 1.54) is 15.9 Å². The lowest BCUT2D eigenvalue weighted by atomic mass is 10.2. The molecule has 0 unspecified atom stereocenters. The highest BCUT2D eigenvalue weighted by atomic mass is 15.6. The molecule has 0 saturated carbocycles. The van der Waals surface area contributed by atoms with Crippen molar-refractivity contribution >= 4 is 17.2 Å². The van der Waals surface area contributed by atoms with Crippen LogP contribution < -0.4 is 9.80 Å². The van der Waals surface area contributed by atoms with Gasteiger partial charge in [0.05, 0.1) is 0 Å². The van der Waals surface area contributed by atoms with Crippen molar-refractivity contribution in [2.24, 2.45) is 0 Å². The van der Waals surface area contributed by atoms with Gasteiger partial charge in [0.15, 0.2) is 11.5 Å². The molecule has 0 aliphatic rings. The fourth-order valence-corrected chi connectivity index (χ4v) is 2.60. The maximum atomic E-state index is 4.40. The number of tetrazole rings is 1. The van der Waals surface area contributed by atoms with E-state index in [1.807, 2.05) is 19.2 Å². The first-order valence-corrected chi connectivity index (χ1v) is 7.81. The van der Waals surface area contributed by atoms with Crippen molar-refractivity contribution in [3.8, 4) is 0 Å². The molecule has 0 aliphatic heterocycles. The van der Waals surface area contributed by atoms with Crippen LogP contribution in [-0.4, -0.2) is 45.4 Å². The Morgan fingerprint density at radius 2 is 1.74 bits per heavy atom. The van der Waals surface area contributed by atoms with E-state index < -0.39 is 0 Å². The zero-order valence-electron chi connectivity index (χ0n) is 13.7. The first kappa shape index (κ1) is 15.2. The number of fused-ring (bicyclic) bond motifs is 1. The van der Waals surface area contributed by atoms with E-state index in [0.29, 0.717) is 5.65 Å². The minimum Gasteiger partial charge on any atom is -0.372 e. The second-order valence-electron chi connectivity index (χ2n) is 5.41. The molecule has 0 saturated heterocycles. The van der Waals surface area contributed by atoms with Crippen LogP contribution in [0.25, 0.3) is 5.65 Å². The van der Waals surface area contributed by atoms with Crippen LogP contribution in [0.15, 0.2) is 36.4 Å². The van der Waals surface area contributed by atoms with Crippen LogP contribution in [0, 0.1) is 0 Å². The van der Waals surface area contributed by atoms with Gasteiger partial charge in [0.25, 0.3) is 0 Å². The average molecular weight is 311 g/mol. The number of nitrogens with zero attached hydrogens (tertiary/aromatic N) is 7. The van der Waals surface area contributed by atoms with Gasteiger partial charge in [0, 0.05) is 32.4 Å². The molecule has 0 spiro atoms. The molecular weight excluding hydrogens is 290 g/mol. The van der Waals surface area contributed by atoms with E-state index in [4.69, 9.17) is 0 Å². The number of benzene rings is 1. The van der Waals surface area contributed by atoms with E-state index >= 15 is 0 Å². The van der Waals surface area contributed by atoms with Crippen molar-refractivity contribution in [2.45, 2.75) is 20.4 Å². The molecule has 3 aromatic rings. The Hall–Kier alpha value is -2.70. The van der Waals surface area contributed by atoms with E-state index in [1.54, 1.807) is 0 Å². The summed E-state index contributed by atoms with van der Waals surface area (Å²) in [5.74, 6) is 0.831. The Balaban J connectivity index is 1.72. The summed E-state index contributed by atoms with van der Waals surface area (Å²) >= 11 is 0. The molecule has 0 aliphatic carbocycles. The van der Waals surface area contributed by atoms with Gasteiger partial charge >= 0.3 is 0 Å². The second-order valence-corrected chi connectivity index (χ2v) is 5.41. The third-order valence-corrected chi connectivity index (χ3v) is 3.93. The topological polar surface area (TPSA) is 62.5 Å². The Labute approximate surface area is 135 Å². The van der Waals surface area contributed by atoms with Crippen LogP contribution in [0.4, 0.5) is 11.5 Å². The molecule has 0 amide bonds. The smallest absolute Gasteiger partial charge is 0.200 e. The van der Waals surface area contributed by atoms with Crippen molar-refractivity contribution in [2.75, 3.05) is 29.9 Å².